The van der Waals surface area contributed by atoms with Crippen molar-refractivity contribution in [2.24, 2.45) is 0 Å². The molecule has 11 rings (SSSR count). The summed E-state index contributed by atoms with van der Waals surface area (Å²) >= 11 is 0. The average Bonchev–Trinajstić information content (AvgIpc) is 3.62. The molecule has 10 aromatic rings. The Balaban J connectivity index is 1.42. The van der Waals surface area contributed by atoms with Crippen molar-refractivity contribution in [3.05, 3.63) is 145 Å². The van der Waals surface area contributed by atoms with Crippen LogP contribution in [-0.4, -0.2) is 39.0 Å². The summed E-state index contributed by atoms with van der Waals surface area (Å²) in [4.78, 5) is 29.6. The molecule has 1 aliphatic heterocycles. The maximum absolute atomic E-state index is 5.07. The number of para-hydroxylation sites is 4. The molecule has 48 heavy (non-hydrogen) atoms. The lowest BCUT2D eigenvalue weighted by Crippen LogP contribution is -2.26. The van der Waals surface area contributed by atoms with Gasteiger partial charge >= 0.3 is 0 Å². The summed E-state index contributed by atoms with van der Waals surface area (Å²) in [6.07, 6.45) is 10.6. The van der Waals surface area contributed by atoms with Gasteiger partial charge in [0.2, 0.25) is 0 Å². The molecule has 0 saturated heterocycles. The fraction of sp³-hybridized carbons (Fsp3) is 0.0500. The molecule has 6 aromatic heterocycles. The van der Waals surface area contributed by atoms with Gasteiger partial charge in [-0.05, 0) is 35.4 Å². The molecule has 0 saturated carbocycles. The lowest BCUT2D eigenvalue weighted by atomic mass is 9.84. The molecule has 8 heteroatoms. The van der Waals surface area contributed by atoms with E-state index >= 15 is 0 Å². The van der Waals surface area contributed by atoms with Crippen molar-refractivity contribution in [1.82, 2.24) is 39.0 Å². The lowest BCUT2D eigenvalue weighted by molar-refractivity contribution is 0.428. The maximum atomic E-state index is 5.07. The second kappa shape index (κ2) is 9.49. The van der Waals surface area contributed by atoms with E-state index in [0.717, 1.165) is 88.2 Å². The topological polar surface area (TPSA) is 87.2 Å². The highest BCUT2D eigenvalue weighted by molar-refractivity contribution is 6.17. The molecule has 224 valence electrons. The summed E-state index contributed by atoms with van der Waals surface area (Å²) in [6, 6.07) is 34.2. The Morgan fingerprint density at radius 2 is 0.875 bits per heavy atom. The number of rotatable bonds is 3. The van der Waals surface area contributed by atoms with Crippen LogP contribution < -0.4 is 0 Å². The van der Waals surface area contributed by atoms with Gasteiger partial charge in [0, 0.05) is 69.9 Å². The van der Waals surface area contributed by atoms with Crippen LogP contribution in [0.5, 0.6) is 0 Å². The van der Waals surface area contributed by atoms with E-state index < -0.39 is 0 Å². The molecule has 0 unspecified atom stereocenters. The first-order valence-electron chi connectivity index (χ1n) is 16.0. The molecule has 0 atom stereocenters. The molecular formula is C40H24N8. The second-order valence-corrected chi connectivity index (χ2v) is 12.3. The van der Waals surface area contributed by atoms with E-state index in [4.69, 9.17) is 29.9 Å². The number of hydrogen-bond acceptors (Lipinski definition) is 6. The smallest absolute Gasteiger partial charge is 0.161 e. The number of hydrogen-bond donors (Lipinski definition) is 0. The van der Waals surface area contributed by atoms with Gasteiger partial charge in [0.25, 0.3) is 0 Å². The molecule has 0 radical (unpaired) electrons. The van der Waals surface area contributed by atoms with Gasteiger partial charge < -0.3 is 9.13 Å². The highest BCUT2D eigenvalue weighted by atomic mass is 15.3. The van der Waals surface area contributed by atoms with Gasteiger partial charge in [0.15, 0.2) is 11.3 Å². The molecule has 0 N–H and O–H groups in total. The van der Waals surface area contributed by atoms with Crippen molar-refractivity contribution in [3.63, 3.8) is 0 Å². The van der Waals surface area contributed by atoms with Gasteiger partial charge in [-0.2, -0.15) is 0 Å². The van der Waals surface area contributed by atoms with E-state index in [-0.39, 0.29) is 12.1 Å². The summed E-state index contributed by atoms with van der Waals surface area (Å²) in [5, 5.41) is 4.32. The van der Waals surface area contributed by atoms with E-state index in [2.05, 4.69) is 94.1 Å². The maximum Gasteiger partial charge on any atom is 0.161 e. The Hall–Kier alpha value is -6.54. The molecule has 8 nitrogen and oxygen atoms in total. The average molecular weight is 617 g/mol. The molecule has 1 aliphatic rings. The van der Waals surface area contributed by atoms with Crippen LogP contribution in [0.15, 0.2) is 134 Å². The predicted octanol–water partition coefficient (Wildman–Crippen LogP) is 8.44. The molecule has 0 spiro atoms. The Morgan fingerprint density at radius 1 is 0.417 bits per heavy atom. The van der Waals surface area contributed by atoms with Crippen LogP contribution in [0.25, 0.3) is 77.1 Å². The second-order valence-electron chi connectivity index (χ2n) is 12.3. The molecule has 0 bridgehead atoms. The van der Waals surface area contributed by atoms with Gasteiger partial charge in [-0.3, -0.25) is 19.9 Å². The van der Waals surface area contributed by atoms with Crippen LogP contribution in [0.4, 0.5) is 0 Å². The summed E-state index contributed by atoms with van der Waals surface area (Å²) < 4.78 is 4.82. The number of benzene rings is 4. The van der Waals surface area contributed by atoms with E-state index in [1.165, 1.54) is 0 Å². The molecule has 4 aromatic carbocycles. The summed E-state index contributed by atoms with van der Waals surface area (Å²) in [5.74, 6) is -0.244. The van der Waals surface area contributed by atoms with Gasteiger partial charge in [-0.25, -0.2) is 9.97 Å². The number of fused-ring (bicyclic) bond motifs is 9. The largest absolute Gasteiger partial charge is 0.301 e. The number of aromatic nitrogens is 8. The van der Waals surface area contributed by atoms with Gasteiger partial charge in [0.05, 0.1) is 28.0 Å². The molecular weight excluding hydrogens is 592 g/mol. The SMILES string of the molecule is c1ccc2c(C(c3ccnc4ccccc34)C3n4c5nccnc5c5cccc(c54)-c4cccc5c6nccnc6n3c45)ccnc2c1. The monoisotopic (exact) mass is 616 g/mol. The highest BCUT2D eigenvalue weighted by Gasteiger charge is 2.39. The Labute approximate surface area is 273 Å². The molecule has 0 amide bonds. The van der Waals surface area contributed by atoms with Crippen LogP contribution in [0, 0.1) is 0 Å². The third kappa shape index (κ3) is 3.28. The Bertz CT molecular complexity index is 2730. The van der Waals surface area contributed by atoms with E-state index in [9.17, 15) is 0 Å². The van der Waals surface area contributed by atoms with E-state index in [1.807, 2.05) is 24.5 Å². The zero-order valence-corrected chi connectivity index (χ0v) is 25.4. The van der Waals surface area contributed by atoms with Crippen LogP contribution in [0.1, 0.15) is 23.2 Å². The first-order valence-corrected chi connectivity index (χ1v) is 16.0. The summed E-state index contributed by atoms with van der Waals surface area (Å²) in [5.41, 5.74) is 12.0. The zero-order valence-electron chi connectivity index (χ0n) is 25.4. The van der Waals surface area contributed by atoms with Crippen molar-refractivity contribution in [1.29, 1.82) is 0 Å². The van der Waals surface area contributed by atoms with Crippen LogP contribution >= 0.6 is 0 Å². The zero-order chi connectivity index (χ0) is 31.3. The summed E-state index contributed by atoms with van der Waals surface area (Å²) in [7, 11) is 0. The Morgan fingerprint density at radius 3 is 1.40 bits per heavy atom. The summed E-state index contributed by atoms with van der Waals surface area (Å²) in [6.45, 7) is 0. The van der Waals surface area contributed by atoms with Crippen LogP contribution in [-0.2, 0) is 0 Å². The fourth-order valence-corrected chi connectivity index (χ4v) is 8.22. The number of nitrogens with zero attached hydrogens (tertiary/aromatic N) is 8. The van der Waals surface area contributed by atoms with Crippen molar-refractivity contribution in [2.45, 2.75) is 12.1 Å². The fourth-order valence-electron chi connectivity index (χ4n) is 8.22. The van der Waals surface area contributed by atoms with Gasteiger partial charge in [-0.15, -0.1) is 0 Å². The molecule has 0 fully saturated rings. The van der Waals surface area contributed by atoms with Crippen molar-refractivity contribution < 1.29 is 0 Å². The third-order valence-electron chi connectivity index (χ3n) is 10.0. The minimum atomic E-state index is -0.375. The standard InChI is InChI=1S/C40H24N8/c1-3-13-31-23(7-1)25(15-17-41-31)33(26-16-18-42-32-14-4-2-8-24(26)32)40-47-36-27(9-5-11-29(36)34-38(47)45-21-19-43-34)28-10-6-12-30-35-39(46-22-20-44-35)48(40)37(28)30/h1-22,33,40H. The quantitative estimate of drug-likeness (QED) is 0.198. The minimum Gasteiger partial charge on any atom is -0.301 e. The first kappa shape index (κ1) is 25.6. The first-order chi connectivity index (χ1) is 23.9. The van der Waals surface area contributed by atoms with Crippen molar-refractivity contribution in [2.75, 3.05) is 0 Å². The molecule has 7 heterocycles. The Kier molecular flexibility index (Phi) is 5.07. The van der Waals surface area contributed by atoms with E-state index in [0.29, 0.717) is 0 Å². The number of pyridine rings is 2. The third-order valence-corrected chi connectivity index (χ3v) is 10.0. The normalized spacial score (nSPS) is 13.1. The highest BCUT2D eigenvalue weighted by Crippen LogP contribution is 2.51. The van der Waals surface area contributed by atoms with E-state index in [1.54, 1.807) is 24.8 Å². The van der Waals surface area contributed by atoms with Crippen LogP contribution in [0.2, 0.25) is 0 Å². The van der Waals surface area contributed by atoms with Crippen molar-refractivity contribution >= 4 is 65.9 Å². The van der Waals surface area contributed by atoms with Crippen LogP contribution in [0.3, 0.4) is 0 Å². The minimum absolute atomic E-state index is 0.244. The molecule has 0 aliphatic carbocycles. The lowest BCUT2D eigenvalue weighted by Gasteiger charge is -2.33. The van der Waals surface area contributed by atoms with Crippen molar-refractivity contribution in [3.8, 4) is 11.1 Å². The van der Waals surface area contributed by atoms with Gasteiger partial charge in [0.1, 0.15) is 17.2 Å². The van der Waals surface area contributed by atoms with Gasteiger partial charge in [-0.1, -0.05) is 72.8 Å². The predicted molar refractivity (Wildman–Crippen MR) is 189 cm³/mol.